The van der Waals surface area contributed by atoms with E-state index >= 15 is 0 Å². The maximum Gasteiger partial charge on any atom is 0.0647 e. The van der Waals surface area contributed by atoms with Crippen LogP contribution < -0.4 is 0 Å². The van der Waals surface area contributed by atoms with Gasteiger partial charge in [0.1, 0.15) is 0 Å². The molecule has 0 aliphatic rings. The van der Waals surface area contributed by atoms with Crippen molar-refractivity contribution in [2.75, 3.05) is 0 Å². The van der Waals surface area contributed by atoms with Gasteiger partial charge in [-0.1, -0.05) is 0 Å². The van der Waals surface area contributed by atoms with Crippen LogP contribution in [-0.4, -0.2) is 20.7 Å². The minimum absolute atomic E-state index is 0.542. The highest BCUT2D eigenvalue weighted by Gasteiger charge is 2.13. The van der Waals surface area contributed by atoms with E-state index < -0.39 is 5.60 Å². The van der Waals surface area contributed by atoms with Crippen molar-refractivity contribution in [1.29, 1.82) is 0 Å². The molecule has 1 aromatic rings. The smallest absolute Gasteiger partial charge is 0.0647 e. The molecular formula is C8H12N2O. The SMILES string of the molecule is CC(C)(O)Cc1cnccn1. The lowest BCUT2D eigenvalue weighted by Crippen LogP contribution is -2.22. The van der Waals surface area contributed by atoms with Crippen LogP contribution in [0.5, 0.6) is 0 Å². The summed E-state index contributed by atoms with van der Waals surface area (Å²) in [6.45, 7) is 3.50. The Morgan fingerprint density at radius 2 is 2.18 bits per heavy atom. The maximum atomic E-state index is 9.40. The summed E-state index contributed by atoms with van der Waals surface area (Å²) < 4.78 is 0. The van der Waals surface area contributed by atoms with Crippen molar-refractivity contribution in [2.24, 2.45) is 0 Å². The number of aromatic nitrogens is 2. The molecule has 11 heavy (non-hydrogen) atoms. The predicted octanol–water partition coefficient (Wildman–Crippen LogP) is 0.790. The molecule has 1 rings (SSSR count). The summed E-state index contributed by atoms with van der Waals surface area (Å²) in [5.74, 6) is 0. The van der Waals surface area contributed by atoms with E-state index in [4.69, 9.17) is 0 Å². The Labute approximate surface area is 66.1 Å². The molecule has 0 bridgehead atoms. The highest BCUT2D eigenvalue weighted by Crippen LogP contribution is 2.07. The topological polar surface area (TPSA) is 46.0 Å². The van der Waals surface area contributed by atoms with Gasteiger partial charge in [0.15, 0.2) is 0 Å². The summed E-state index contributed by atoms with van der Waals surface area (Å²) in [5, 5.41) is 9.40. The third-order valence-corrected chi connectivity index (χ3v) is 1.23. The fourth-order valence-corrected chi connectivity index (χ4v) is 0.864. The zero-order valence-electron chi connectivity index (χ0n) is 6.78. The lowest BCUT2D eigenvalue weighted by molar-refractivity contribution is 0.0798. The van der Waals surface area contributed by atoms with E-state index in [0.717, 1.165) is 5.69 Å². The van der Waals surface area contributed by atoms with Crippen LogP contribution in [0.3, 0.4) is 0 Å². The quantitative estimate of drug-likeness (QED) is 0.681. The molecule has 0 amide bonds. The lowest BCUT2D eigenvalue weighted by Gasteiger charge is -2.15. The third-order valence-electron chi connectivity index (χ3n) is 1.23. The van der Waals surface area contributed by atoms with Gasteiger partial charge in [-0.15, -0.1) is 0 Å². The summed E-state index contributed by atoms with van der Waals surface area (Å²) >= 11 is 0. The molecule has 0 radical (unpaired) electrons. The van der Waals surface area contributed by atoms with Gasteiger partial charge in [0.25, 0.3) is 0 Å². The Morgan fingerprint density at radius 1 is 1.45 bits per heavy atom. The van der Waals surface area contributed by atoms with Crippen molar-refractivity contribution in [3.05, 3.63) is 24.3 Å². The maximum absolute atomic E-state index is 9.40. The molecule has 0 spiro atoms. The Kier molecular flexibility index (Phi) is 2.19. The van der Waals surface area contributed by atoms with E-state index in [0.29, 0.717) is 6.42 Å². The van der Waals surface area contributed by atoms with Gasteiger partial charge in [-0.05, 0) is 13.8 Å². The highest BCUT2D eigenvalue weighted by atomic mass is 16.3. The van der Waals surface area contributed by atoms with Gasteiger partial charge in [-0.3, -0.25) is 9.97 Å². The summed E-state index contributed by atoms with van der Waals surface area (Å²) in [7, 11) is 0. The van der Waals surface area contributed by atoms with Crippen LogP contribution in [0.2, 0.25) is 0 Å². The first-order valence-electron chi connectivity index (χ1n) is 3.55. The van der Waals surface area contributed by atoms with Gasteiger partial charge in [0, 0.05) is 25.0 Å². The number of hydrogen-bond donors (Lipinski definition) is 1. The number of aliphatic hydroxyl groups is 1. The molecule has 0 unspecified atom stereocenters. The molecule has 0 fully saturated rings. The van der Waals surface area contributed by atoms with Crippen LogP contribution in [0.4, 0.5) is 0 Å². The van der Waals surface area contributed by atoms with Gasteiger partial charge in [-0.25, -0.2) is 0 Å². The largest absolute Gasteiger partial charge is 0.390 e. The molecule has 0 saturated carbocycles. The van der Waals surface area contributed by atoms with E-state index in [9.17, 15) is 5.11 Å². The van der Waals surface area contributed by atoms with Crippen molar-refractivity contribution in [2.45, 2.75) is 25.9 Å². The predicted molar refractivity (Wildman–Crippen MR) is 42.0 cm³/mol. The van der Waals surface area contributed by atoms with Gasteiger partial charge in [0.2, 0.25) is 0 Å². The average Bonchev–Trinajstić information content (AvgIpc) is 1.85. The van der Waals surface area contributed by atoms with Crippen molar-refractivity contribution >= 4 is 0 Å². The second-order valence-corrected chi connectivity index (χ2v) is 3.19. The van der Waals surface area contributed by atoms with Crippen molar-refractivity contribution < 1.29 is 5.11 Å². The molecular weight excluding hydrogens is 140 g/mol. The molecule has 3 heteroatoms. The number of rotatable bonds is 2. The Morgan fingerprint density at radius 3 is 2.64 bits per heavy atom. The summed E-state index contributed by atoms with van der Waals surface area (Å²) in [5.41, 5.74) is 0.121. The van der Waals surface area contributed by atoms with Gasteiger partial charge < -0.3 is 5.11 Å². The molecule has 1 N–H and O–H groups in total. The molecule has 1 aromatic heterocycles. The fourth-order valence-electron chi connectivity index (χ4n) is 0.864. The molecule has 0 aliphatic carbocycles. The van der Waals surface area contributed by atoms with Crippen LogP contribution >= 0.6 is 0 Å². The minimum atomic E-state index is -0.698. The third kappa shape index (κ3) is 3.09. The van der Waals surface area contributed by atoms with Gasteiger partial charge >= 0.3 is 0 Å². The molecule has 60 valence electrons. The monoisotopic (exact) mass is 152 g/mol. The molecule has 0 aliphatic heterocycles. The van der Waals surface area contributed by atoms with E-state index in [1.54, 1.807) is 32.4 Å². The molecule has 3 nitrogen and oxygen atoms in total. The number of nitrogens with zero attached hydrogens (tertiary/aromatic N) is 2. The van der Waals surface area contributed by atoms with Gasteiger partial charge in [-0.2, -0.15) is 0 Å². The standard InChI is InChI=1S/C8H12N2O/c1-8(2,11)5-7-6-9-3-4-10-7/h3-4,6,11H,5H2,1-2H3. The van der Waals surface area contributed by atoms with Crippen LogP contribution in [0.25, 0.3) is 0 Å². The van der Waals surface area contributed by atoms with Crippen LogP contribution in [-0.2, 0) is 6.42 Å². The first kappa shape index (κ1) is 8.14. The second-order valence-electron chi connectivity index (χ2n) is 3.19. The van der Waals surface area contributed by atoms with E-state index in [2.05, 4.69) is 9.97 Å². The molecule has 0 saturated heterocycles. The van der Waals surface area contributed by atoms with Crippen LogP contribution in [0.15, 0.2) is 18.6 Å². The summed E-state index contributed by atoms with van der Waals surface area (Å²) in [6, 6.07) is 0. The fraction of sp³-hybridized carbons (Fsp3) is 0.500. The molecule has 0 aromatic carbocycles. The summed E-state index contributed by atoms with van der Waals surface area (Å²) in [6.07, 6.45) is 5.45. The van der Waals surface area contributed by atoms with Crippen molar-refractivity contribution in [3.63, 3.8) is 0 Å². The van der Waals surface area contributed by atoms with E-state index in [1.165, 1.54) is 0 Å². The normalized spacial score (nSPS) is 11.5. The summed E-state index contributed by atoms with van der Waals surface area (Å²) in [4.78, 5) is 7.94. The first-order chi connectivity index (χ1) is 5.08. The minimum Gasteiger partial charge on any atom is -0.390 e. The number of hydrogen-bond acceptors (Lipinski definition) is 3. The Bertz CT molecular complexity index is 215. The van der Waals surface area contributed by atoms with E-state index in [1.807, 2.05) is 0 Å². The average molecular weight is 152 g/mol. The lowest BCUT2D eigenvalue weighted by atomic mass is 10.0. The highest BCUT2D eigenvalue weighted by molar-refractivity contribution is 4.98. The molecule has 0 atom stereocenters. The first-order valence-corrected chi connectivity index (χ1v) is 3.55. The van der Waals surface area contributed by atoms with Gasteiger partial charge in [0.05, 0.1) is 11.3 Å². The zero-order chi connectivity index (χ0) is 8.32. The Hall–Kier alpha value is -0.960. The van der Waals surface area contributed by atoms with Crippen LogP contribution in [0.1, 0.15) is 19.5 Å². The van der Waals surface area contributed by atoms with Crippen molar-refractivity contribution in [1.82, 2.24) is 9.97 Å². The Balaban J connectivity index is 2.66. The zero-order valence-corrected chi connectivity index (χ0v) is 6.78. The second kappa shape index (κ2) is 2.96. The van der Waals surface area contributed by atoms with E-state index in [-0.39, 0.29) is 0 Å². The van der Waals surface area contributed by atoms with Crippen molar-refractivity contribution in [3.8, 4) is 0 Å². The molecule has 1 heterocycles. The van der Waals surface area contributed by atoms with Crippen LogP contribution in [0, 0.1) is 0 Å².